The third kappa shape index (κ3) is 51.8. The van der Waals surface area contributed by atoms with Gasteiger partial charge in [-0.15, -0.1) is 0 Å². The first-order valence-electron chi connectivity index (χ1n) is 0.816. The van der Waals surface area contributed by atoms with Crippen molar-refractivity contribution in [2.24, 2.45) is 0 Å². The largest absolute Gasteiger partial charge is 2.00 e. The Labute approximate surface area is 142 Å². The Hall–Kier alpha value is 3.88. The summed E-state index contributed by atoms with van der Waals surface area (Å²) in [6.45, 7) is 0. The van der Waals surface area contributed by atoms with Crippen molar-refractivity contribution in [1.82, 2.24) is 0 Å². The van der Waals surface area contributed by atoms with E-state index in [4.69, 9.17) is 19.2 Å². The molecule has 0 spiro atoms. The van der Waals surface area contributed by atoms with Gasteiger partial charge in [0.05, 0.1) is 0 Å². The van der Waals surface area contributed by atoms with E-state index in [0.29, 0.717) is 0 Å². The van der Waals surface area contributed by atoms with Gasteiger partial charge in [-0.3, -0.25) is 0 Å². The second-order valence-corrected chi connectivity index (χ2v) is 1.50. The van der Waals surface area contributed by atoms with Gasteiger partial charge in [-0.1, -0.05) is 0 Å². The van der Waals surface area contributed by atoms with Gasteiger partial charge in [0.2, 0.25) is 0 Å². The van der Waals surface area contributed by atoms with E-state index in [1.54, 1.807) is 0 Å². The summed E-state index contributed by atoms with van der Waals surface area (Å²) in [6.07, 6.45) is 0. The van der Waals surface area contributed by atoms with Gasteiger partial charge in [-0.05, 0) is 0 Å². The van der Waals surface area contributed by atoms with Crippen molar-refractivity contribution in [2.75, 3.05) is 0 Å². The molecule has 8 heavy (non-hydrogen) atoms. The van der Waals surface area contributed by atoms with Gasteiger partial charge in [0.1, 0.15) is 0 Å². The zero-order valence-corrected chi connectivity index (χ0v) is 14.6. The Balaban J connectivity index is -0.0000000267. The molecule has 0 radical (unpaired) electrons. The van der Waals surface area contributed by atoms with Gasteiger partial charge in [-0.25, -0.2) is 0 Å². The normalized spacial score (nSPS) is 7.50. The molecule has 0 heterocycles. The maximum absolute atomic E-state index is 8.58. The molecular formula is BaMgO4SiSr+2. The van der Waals surface area contributed by atoms with Crippen molar-refractivity contribution >= 4 is 126 Å². The summed E-state index contributed by atoms with van der Waals surface area (Å²) in [5, 5.41) is 0. The van der Waals surface area contributed by atoms with Crippen LogP contribution in [0, 0.1) is 0 Å². The Morgan fingerprint density at radius 2 is 0.875 bits per heavy atom. The summed E-state index contributed by atoms with van der Waals surface area (Å²) in [7, 11) is -5.61. The average Bonchev–Trinajstić information content (AvgIpc) is 0.722. The van der Waals surface area contributed by atoms with E-state index in [1.807, 2.05) is 0 Å². The Morgan fingerprint density at radius 1 is 0.875 bits per heavy atom. The van der Waals surface area contributed by atoms with E-state index in [9.17, 15) is 0 Å². The quantitative estimate of drug-likeness (QED) is 0.410. The monoisotopic (exact) mass is 342 g/mol. The molecule has 0 aliphatic carbocycles. The molecule has 0 saturated heterocycles. The Morgan fingerprint density at radius 3 is 0.875 bits per heavy atom. The minimum atomic E-state index is -5.61. The molecule has 0 saturated carbocycles. The summed E-state index contributed by atoms with van der Waals surface area (Å²) < 4.78 is 0. The molecule has 0 N–H and O–H groups in total. The van der Waals surface area contributed by atoms with Crippen LogP contribution < -0.4 is 19.2 Å². The van der Waals surface area contributed by atoms with Crippen molar-refractivity contribution in [3.63, 3.8) is 0 Å². The number of rotatable bonds is 0. The maximum Gasteiger partial charge on any atom is 2.00 e. The van der Waals surface area contributed by atoms with Crippen LogP contribution in [0.5, 0.6) is 0 Å². The summed E-state index contributed by atoms with van der Waals surface area (Å²) in [4.78, 5) is 34.3. The standard InChI is InChI=1S/Ba.Mg.O4Si.Sr/c;;1-5(2,3)4;/q2*+2;-4;+2. The van der Waals surface area contributed by atoms with Crippen molar-refractivity contribution in [3.8, 4) is 0 Å². The third-order valence-electron chi connectivity index (χ3n) is 0. The van der Waals surface area contributed by atoms with E-state index >= 15 is 0 Å². The molecule has 0 aliphatic heterocycles. The van der Waals surface area contributed by atoms with Gasteiger partial charge < -0.3 is 28.2 Å². The predicted octanol–water partition coefficient (Wildman–Crippen LogP) is -6.28. The molecule has 0 bridgehead atoms. The molecular weight excluding hydrogens is 341 g/mol. The molecule has 0 aromatic carbocycles. The first kappa shape index (κ1) is 22.6. The van der Waals surface area contributed by atoms with Gasteiger partial charge in [0, 0.05) is 0 Å². The van der Waals surface area contributed by atoms with Gasteiger partial charge >= 0.3 is 117 Å². The van der Waals surface area contributed by atoms with Crippen LogP contribution in [0.1, 0.15) is 0 Å². The number of hydrogen-bond donors (Lipinski definition) is 0. The van der Waals surface area contributed by atoms with Crippen LogP contribution in [0.25, 0.3) is 0 Å². The first-order valence-corrected chi connectivity index (χ1v) is 2.45. The van der Waals surface area contributed by atoms with Crippen LogP contribution in [-0.4, -0.2) is 126 Å². The summed E-state index contributed by atoms with van der Waals surface area (Å²) in [6, 6.07) is 0. The van der Waals surface area contributed by atoms with E-state index in [2.05, 4.69) is 0 Å². The maximum atomic E-state index is 8.58. The fourth-order valence-electron chi connectivity index (χ4n) is 0. The molecule has 32 valence electrons. The number of hydrogen-bond acceptors (Lipinski definition) is 4. The van der Waals surface area contributed by atoms with Crippen molar-refractivity contribution in [2.45, 2.75) is 0 Å². The molecule has 0 atom stereocenters. The van der Waals surface area contributed by atoms with E-state index in [0.717, 1.165) is 0 Å². The van der Waals surface area contributed by atoms with Crippen LogP contribution in [0.4, 0.5) is 0 Å². The summed E-state index contributed by atoms with van der Waals surface area (Å²) >= 11 is 0. The van der Waals surface area contributed by atoms with E-state index in [1.165, 1.54) is 0 Å². The van der Waals surface area contributed by atoms with Gasteiger partial charge in [0.15, 0.2) is 0 Å². The average molecular weight is 341 g/mol. The SMILES string of the molecule is [Ba+2].[Mg+2].[O-][Si]([O-])([O-])[O-].[Sr+2]. The predicted molar refractivity (Wildman–Crippen MR) is 23.0 cm³/mol. The summed E-state index contributed by atoms with van der Waals surface area (Å²) in [5.41, 5.74) is 0. The topological polar surface area (TPSA) is 92.2 Å². The van der Waals surface area contributed by atoms with Crippen LogP contribution in [0.15, 0.2) is 0 Å². The zero-order chi connectivity index (χ0) is 4.50. The summed E-state index contributed by atoms with van der Waals surface area (Å²) in [5.74, 6) is 0. The molecule has 0 fully saturated rings. The molecule has 0 amide bonds. The fourth-order valence-corrected chi connectivity index (χ4v) is 0. The molecule has 0 rings (SSSR count). The molecule has 4 nitrogen and oxygen atoms in total. The molecule has 0 aromatic heterocycles. The second-order valence-electron chi connectivity index (χ2n) is 0.500. The smallest absolute Gasteiger partial charge is 0.894 e. The van der Waals surface area contributed by atoms with Crippen LogP contribution >= 0.6 is 0 Å². The Kier molecular flexibility index (Phi) is 30.8. The van der Waals surface area contributed by atoms with E-state index < -0.39 is 9.05 Å². The fraction of sp³-hybridized carbons (Fsp3) is 0. The molecule has 0 aromatic rings. The van der Waals surface area contributed by atoms with Crippen LogP contribution in [0.3, 0.4) is 0 Å². The third-order valence-corrected chi connectivity index (χ3v) is 0. The van der Waals surface area contributed by atoms with Gasteiger partial charge in [-0.2, -0.15) is 0 Å². The second kappa shape index (κ2) is 10.9. The minimum Gasteiger partial charge on any atom is -0.894 e. The molecule has 0 aliphatic rings. The minimum absolute atomic E-state index is 0. The zero-order valence-electron chi connectivity index (χ0n) is 4.25. The van der Waals surface area contributed by atoms with E-state index in [-0.39, 0.29) is 117 Å². The first-order chi connectivity index (χ1) is 2.00. The van der Waals surface area contributed by atoms with Crippen molar-refractivity contribution in [3.05, 3.63) is 0 Å². The van der Waals surface area contributed by atoms with Crippen LogP contribution in [0.2, 0.25) is 0 Å². The van der Waals surface area contributed by atoms with Crippen molar-refractivity contribution < 1.29 is 19.2 Å². The van der Waals surface area contributed by atoms with Gasteiger partial charge in [0.25, 0.3) is 0 Å². The Bertz CT molecular complexity index is 31.5. The van der Waals surface area contributed by atoms with Crippen molar-refractivity contribution in [1.29, 1.82) is 0 Å². The molecule has 0 unspecified atom stereocenters. The molecule has 8 heteroatoms. The van der Waals surface area contributed by atoms with Crippen LogP contribution in [-0.2, 0) is 0 Å².